The predicted molar refractivity (Wildman–Crippen MR) is 78.5 cm³/mol. The predicted octanol–water partition coefficient (Wildman–Crippen LogP) is 1.40. The molecule has 21 heavy (non-hydrogen) atoms. The van der Waals surface area contributed by atoms with Crippen molar-refractivity contribution in [1.29, 1.82) is 0 Å². The Labute approximate surface area is 125 Å². The van der Waals surface area contributed by atoms with Crippen LogP contribution in [0, 0.1) is 5.92 Å². The van der Waals surface area contributed by atoms with Gasteiger partial charge in [0.2, 0.25) is 5.91 Å². The maximum absolute atomic E-state index is 12.6. The normalized spacial score (nSPS) is 28.9. The second-order valence-electron chi connectivity index (χ2n) is 6.14. The van der Waals surface area contributed by atoms with Crippen LogP contribution in [0.3, 0.4) is 0 Å². The first-order valence-corrected chi connectivity index (χ1v) is 7.92. The SMILES string of the molecule is CCCCNC(=O)CN1C(=O)N[C@]2(CCCC[C@H]2C)C1=O. The zero-order valence-electron chi connectivity index (χ0n) is 12.9. The molecule has 118 valence electrons. The Balaban J connectivity index is 2.00. The fourth-order valence-corrected chi connectivity index (χ4v) is 3.24. The highest BCUT2D eigenvalue weighted by Crippen LogP contribution is 2.37. The first-order valence-electron chi connectivity index (χ1n) is 7.92. The van der Waals surface area contributed by atoms with E-state index in [1.54, 1.807) is 0 Å². The first kappa shape index (κ1) is 15.8. The van der Waals surface area contributed by atoms with Crippen LogP contribution in [0.1, 0.15) is 52.4 Å². The third-order valence-corrected chi connectivity index (χ3v) is 4.66. The Kier molecular flexibility index (Phi) is 4.85. The fourth-order valence-electron chi connectivity index (χ4n) is 3.24. The third-order valence-electron chi connectivity index (χ3n) is 4.66. The van der Waals surface area contributed by atoms with Crippen LogP contribution in [0.15, 0.2) is 0 Å². The number of nitrogens with zero attached hydrogens (tertiary/aromatic N) is 1. The minimum Gasteiger partial charge on any atom is -0.355 e. The van der Waals surface area contributed by atoms with Gasteiger partial charge in [0.25, 0.3) is 5.91 Å². The lowest BCUT2D eigenvalue weighted by atomic mass is 9.73. The van der Waals surface area contributed by atoms with Gasteiger partial charge in [0.05, 0.1) is 0 Å². The smallest absolute Gasteiger partial charge is 0.325 e. The number of rotatable bonds is 5. The monoisotopic (exact) mass is 295 g/mol. The van der Waals surface area contributed by atoms with Gasteiger partial charge in [-0.1, -0.05) is 33.1 Å². The molecule has 2 atom stereocenters. The number of nitrogens with one attached hydrogen (secondary N) is 2. The van der Waals surface area contributed by atoms with Crippen LogP contribution in [-0.2, 0) is 9.59 Å². The molecule has 1 saturated carbocycles. The summed E-state index contributed by atoms with van der Waals surface area (Å²) in [6.45, 7) is 4.45. The van der Waals surface area contributed by atoms with E-state index in [0.29, 0.717) is 13.0 Å². The van der Waals surface area contributed by atoms with Gasteiger partial charge in [-0.05, 0) is 25.2 Å². The molecule has 2 aliphatic rings. The van der Waals surface area contributed by atoms with Gasteiger partial charge >= 0.3 is 6.03 Å². The van der Waals surface area contributed by atoms with Crippen LogP contribution in [0.25, 0.3) is 0 Å². The van der Waals surface area contributed by atoms with Crippen LogP contribution < -0.4 is 10.6 Å². The van der Waals surface area contributed by atoms with Crippen LogP contribution in [-0.4, -0.2) is 41.4 Å². The molecule has 0 aromatic carbocycles. The van der Waals surface area contributed by atoms with Gasteiger partial charge in [-0.3, -0.25) is 14.5 Å². The van der Waals surface area contributed by atoms with Crippen LogP contribution >= 0.6 is 0 Å². The molecule has 6 heteroatoms. The van der Waals surface area contributed by atoms with Crippen molar-refractivity contribution in [1.82, 2.24) is 15.5 Å². The zero-order valence-corrected chi connectivity index (χ0v) is 12.9. The van der Waals surface area contributed by atoms with Gasteiger partial charge in [-0.25, -0.2) is 4.79 Å². The molecule has 1 aliphatic heterocycles. The van der Waals surface area contributed by atoms with Crippen molar-refractivity contribution in [3.63, 3.8) is 0 Å². The number of amides is 4. The number of urea groups is 1. The average molecular weight is 295 g/mol. The fraction of sp³-hybridized carbons (Fsp3) is 0.800. The summed E-state index contributed by atoms with van der Waals surface area (Å²) >= 11 is 0. The highest BCUT2D eigenvalue weighted by atomic mass is 16.2. The zero-order chi connectivity index (χ0) is 15.5. The molecule has 0 radical (unpaired) electrons. The number of carbonyl (C=O) groups is 3. The molecular formula is C15H25N3O3. The topological polar surface area (TPSA) is 78.5 Å². The summed E-state index contributed by atoms with van der Waals surface area (Å²) in [5.41, 5.74) is -0.779. The Morgan fingerprint density at radius 3 is 2.86 bits per heavy atom. The number of carbonyl (C=O) groups excluding carboxylic acids is 3. The summed E-state index contributed by atoms with van der Waals surface area (Å²) in [4.78, 5) is 37.6. The Morgan fingerprint density at radius 2 is 2.19 bits per heavy atom. The van der Waals surface area contributed by atoms with Crippen molar-refractivity contribution in [3.8, 4) is 0 Å². The van der Waals surface area contributed by atoms with Crippen molar-refractivity contribution < 1.29 is 14.4 Å². The summed E-state index contributed by atoms with van der Waals surface area (Å²) < 4.78 is 0. The van der Waals surface area contributed by atoms with Crippen molar-refractivity contribution in [2.45, 2.75) is 57.9 Å². The summed E-state index contributed by atoms with van der Waals surface area (Å²) in [6, 6.07) is -0.431. The van der Waals surface area contributed by atoms with Crippen molar-refractivity contribution in [2.24, 2.45) is 5.92 Å². The van der Waals surface area contributed by atoms with Gasteiger partial charge < -0.3 is 10.6 Å². The average Bonchev–Trinajstić information content (AvgIpc) is 2.68. The van der Waals surface area contributed by atoms with E-state index >= 15 is 0 Å². The molecule has 1 aliphatic carbocycles. The second-order valence-corrected chi connectivity index (χ2v) is 6.14. The van der Waals surface area contributed by atoms with Gasteiger partial charge in [0.15, 0.2) is 0 Å². The molecule has 6 nitrogen and oxygen atoms in total. The quantitative estimate of drug-likeness (QED) is 0.594. The van der Waals surface area contributed by atoms with E-state index < -0.39 is 11.6 Å². The van der Waals surface area contributed by atoms with E-state index in [-0.39, 0.29) is 24.3 Å². The molecule has 2 N–H and O–H groups in total. The maximum Gasteiger partial charge on any atom is 0.325 e. The van der Waals surface area contributed by atoms with Crippen LogP contribution in [0.4, 0.5) is 4.79 Å². The second kappa shape index (κ2) is 6.45. The lowest BCUT2D eigenvalue weighted by Gasteiger charge is -2.36. The number of hydrogen-bond donors (Lipinski definition) is 2. The van der Waals surface area contributed by atoms with Gasteiger partial charge in [0.1, 0.15) is 12.1 Å². The van der Waals surface area contributed by atoms with Crippen molar-refractivity contribution >= 4 is 17.8 Å². The van der Waals surface area contributed by atoms with E-state index in [0.717, 1.165) is 37.0 Å². The third kappa shape index (κ3) is 3.04. The molecular weight excluding hydrogens is 270 g/mol. The Hall–Kier alpha value is -1.59. The van der Waals surface area contributed by atoms with Crippen molar-refractivity contribution in [3.05, 3.63) is 0 Å². The Morgan fingerprint density at radius 1 is 1.43 bits per heavy atom. The molecule has 1 saturated heterocycles. The van der Waals surface area contributed by atoms with E-state index in [1.165, 1.54) is 0 Å². The largest absolute Gasteiger partial charge is 0.355 e. The highest BCUT2D eigenvalue weighted by Gasteiger charge is 2.55. The molecule has 0 unspecified atom stereocenters. The van der Waals surface area contributed by atoms with Gasteiger partial charge in [0, 0.05) is 6.54 Å². The molecule has 1 heterocycles. The number of unbranched alkanes of at least 4 members (excludes halogenated alkanes) is 1. The summed E-state index contributed by atoms with van der Waals surface area (Å²) in [7, 11) is 0. The minimum absolute atomic E-state index is 0.121. The summed E-state index contributed by atoms with van der Waals surface area (Å²) in [6.07, 6.45) is 5.52. The molecule has 0 aromatic rings. The van der Waals surface area contributed by atoms with Gasteiger partial charge in [-0.15, -0.1) is 0 Å². The molecule has 2 fully saturated rings. The molecule has 1 spiro atoms. The molecule has 0 bridgehead atoms. The summed E-state index contributed by atoms with van der Waals surface area (Å²) in [5.74, 6) is -0.381. The molecule has 0 aromatic heterocycles. The molecule has 4 amide bonds. The molecule has 2 rings (SSSR count). The van der Waals surface area contributed by atoms with Crippen molar-refractivity contribution in [2.75, 3.05) is 13.1 Å². The van der Waals surface area contributed by atoms with E-state index in [4.69, 9.17) is 0 Å². The minimum atomic E-state index is -0.779. The lowest BCUT2D eigenvalue weighted by Crippen LogP contribution is -2.54. The van der Waals surface area contributed by atoms with E-state index in [9.17, 15) is 14.4 Å². The van der Waals surface area contributed by atoms with Crippen LogP contribution in [0.2, 0.25) is 0 Å². The first-order chi connectivity index (χ1) is 10.0. The standard InChI is InChI=1S/C15H25N3O3/c1-3-4-9-16-12(19)10-18-13(20)15(17-14(18)21)8-6-5-7-11(15)2/h11H,3-10H2,1-2H3,(H,16,19)(H,17,21)/t11-,15+/m1/s1. The van der Waals surface area contributed by atoms with E-state index in [1.807, 2.05) is 13.8 Å². The number of imide groups is 1. The highest BCUT2D eigenvalue weighted by molar-refractivity contribution is 6.09. The van der Waals surface area contributed by atoms with Gasteiger partial charge in [-0.2, -0.15) is 0 Å². The lowest BCUT2D eigenvalue weighted by molar-refractivity contribution is -0.137. The van der Waals surface area contributed by atoms with E-state index in [2.05, 4.69) is 10.6 Å². The van der Waals surface area contributed by atoms with Crippen LogP contribution in [0.5, 0.6) is 0 Å². The summed E-state index contributed by atoms with van der Waals surface area (Å²) in [5, 5.41) is 5.59. The Bertz CT molecular complexity index is 438. The maximum atomic E-state index is 12.6. The number of hydrogen-bond acceptors (Lipinski definition) is 3.